The van der Waals surface area contributed by atoms with Gasteiger partial charge in [0.2, 0.25) is 0 Å². The average molecular weight is 624 g/mol. The highest BCUT2D eigenvalue weighted by atomic mass is 15.1. The van der Waals surface area contributed by atoms with E-state index in [9.17, 15) is 0 Å². The van der Waals surface area contributed by atoms with Crippen molar-refractivity contribution in [2.45, 2.75) is 0 Å². The van der Waals surface area contributed by atoms with Gasteiger partial charge in [-0.1, -0.05) is 164 Å². The second kappa shape index (κ2) is 12.3. The van der Waals surface area contributed by atoms with Crippen molar-refractivity contribution in [3.05, 3.63) is 200 Å². The predicted octanol–water partition coefficient (Wildman–Crippen LogP) is 13.6. The first-order chi connectivity index (χ1) is 24.3. The zero-order valence-corrected chi connectivity index (χ0v) is 27.0. The molecule has 0 amide bonds. The molecule has 9 aromatic carbocycles. The van der Waals surface area contributed by atoms with Crippen LogP contribution in [0.2, 0.25) is 0 Å². The molecule has 0 aromatic heterocycles. The number of rotatable bonds is 6. The van der Waals surface area contributed by atoms with E-state index in [1.54, 1.807) is 0 Å². The average Bonchev–Trinajstić information content (AvgIpc) is 3.19. The van der Waals surface area contributed by atoms with Gasteiger partial charge < -0.3 is 4.90 Å². The molecule has 1 heteroatoms. The van der Waals surface area contributed by atoms with Crippen LogP contribution in [0.5, 0.6) is 0 Å². The third-order valence-electron chi connectivity index (χ3n) is 9.67. The maximum Gasteiger partial charge on any atom is 0.0540 e. The Bertz CT molecular complexity index is 2570. The summed E-state index contributed by atoms with van der Waals surface area (Å²) in [5.74, 6) is 0. The van der Waals surface area contributed by atoms with Crippen molar-refractivity contribution in [1.82, 2.24) is 0 Å². The minimum absolute atomic E-state index is 1.11. The van der Waals surface area contributed by atoms with Gasteiger partial charge in [0, 0.05) is 16.9 Å². The molecule has 9 rings (SSSR count). The fourth-order valence-corrected chi connectivity index (χ4v) is 7.28. The SMILES string of the molecule is c1ccc(-c2ccc(N(c3ccc(-c4cc5c6ccccc6ccc5c5ccccc45)cc3)c3ccccc3-c3ccccc3)cc2)cc1. The van der Waals surface area contributed by atoms with Crippen LogP contribution in [-0.4, -0.2) is 0 Å². The Kier molecular flexibility index (Phi) is 7.22. The second-order valence-electron chi connectivity index (χ2n) is 12.5. The first kappa shape index (κ1) is 28.8. The van der Waals surface area contributed by atoms with Crippen molar-refractivity contribution in [1.29, 1.82) is 0 Å². The van der Waals surface area contributed by atoms with E-state index in [0.717, 1.165) is 17.1 Å². The highest BCUT2D eigenvalue weighted by Gasteiger charge is 2.18. The lowest BCUT2D eigenvalue weighted by molar-refractivity contribution is 1.28. The molecule has 0 spiro atoms. The van der Waals surface area contributed by atoms with E-state index in [0.29, 0.717) is 0 Å². The van der Waals surface area contributed by atoms with Crippen LogP contribution in [0.15, 0.2) is 200 Å². The highest BCUT2D eigenvalue weighted by Crippen LogP contribution is 2.43. The van der Waals surface area contributed by atoms with Gasteiger partial charge in [0.15, 0.2) is 0 Å². The third-order valence-corrected chi connectivity index (χ3v) is 9.67. The predicted molar refractivity (Wildman–Crippen MR) is 210 cm³/mol. The van der Waals surface area contributed by atoms with E-state index >= 15 is 0 Å². The van der Waals surface area contributed by atoms with Crippen LogP contribution >= 0.6 is 0 Å². The van der Waals surface area contributed by atoms with Crippen LogP contribution in [0.1, 0.15) is 0 Å². The van der Waals surface area contributed by atoms with E-state index in [1.165, 1.54) is 65.7 Å². The van der Waals surface area contributed by atoms with Crippen molar-refractivity contribution < 1.29 is 0 Å². The molecule has 0 N–H and O–H groups in total. The summed E-state index contributed by atoms with van der Waals surface area (Å²) < 4.78 is 0. The van der Waals surface area contributed by atoms with Gasteiger partial charge in [-0.15, -0.1) is 0 Å². The van der Waals surface area contributed by atoms with E-state index in [4.69, 9.17) is 0 Å². The number of para-hydroxylation sites is 1. The van der Waals surface area contributed by atoms with Crippen molar-refractivity contribution in [3.8, 4) is 33.4 Å². The number of hydrogen-bond acceptors (Lipinski definition) is 1. The Labute approximate surface area is 287 Å². The van der Waals surface area contributed by atoms with Crippen molar-refractivity contribution in [2.75, 3.05) is 4.90 Å². The summed E-state index contributed by atoms with van der Waals surface area (Å²) in [6.45, 7) is 0. The number of nitrogens with zero attached hydrogens (tertiary/aromatic N) is 1. The highest BCUT2D eigenvalue weighted by molar-refractivity contribution is 6.21. The number of anilines is 3. The molecule has 0 saturated heterocycles. The summed E-state index contributed by atoms with van der Waals surface area (Å²) in [6.07, 6.45) is 0. The molecule has 9 aromatic rings. The van der Waals surface area contributed by atoms with E-state index in [-0.39, 0.29) is 0 Å². The Morgan fingerprint density at radius 2 is 0.755 bits per heavy atom. The van der Waals surface area contributed by atoms with Gasteiger partial charge in [-0.2, -0.15) is 0 Å². The first-order valence-electron chi connectivity index (χ1n) is 16.9. The Hall–Kier alpha value is -6.44. The van der Waals surface area contributed by atoms with E-state index in [2.05, 4.69) is 205 Å². The second-order valence-corrected chi connectivity index (χ2v) is 12.5. The Morgan fingerprint density at radius 3 is 1.47 bits per heavy atom. The lowest BCUT2D eigenvalue weighted by Gasteiger charge is -2.28. The lowest BCUT2D eigenvalue weighted by Crippen LogP contribution is -2.11. The molecule has 0 heterocycles. The molecule has 1 nitrogen and oxygen atoms in total. The number of fused-ring (bicyclic) bond motifs is 5. The Morgan fingerprint density at radius 1 is 0.265 bits per heavy atom. The fourth-order valence-electron chi connectivity index (χ4n) is 7.28. The van der Waals surface area contributed by atoms with Crippen molar-refractivity contribution >= 4 is 49.4 Å². The van der Waals surface area contributed by atoms with Gasteiger partial charge in [-0.3, -0.25) is 0 Å². The molecular formula is C48H33N. The summed E-state index contributed by atoms with van der Waals surface area (Å²) >= 11 is 0. The maximum atomic E-state index is 2.39. The minimum atomic E-state index is 1.11. The summed E-state index contributed by atoms with van der Waals surface area (Å²) in [6, 6.07) is 72.4. The molecule has 49 heavy (non-hydrogen) atoms. The molecule has 0 saturated carbocycles. The fraction of sp³-hybridized carbons (Fsp3) is 0. The molecule has 230 valence electrons. The van der Waals surface area contributed by atoms with Crippen molar-refractivity contribution in [3.63, 3.8) is 0 Å². The van der Waals surface area contributed by atoms with Crippen molar-refractivity contribution in [2.24, 2.45) is 0 Å². The van der Waals surface area contributed by atoms with Crippen LogP contribution < -0.4 is 4.90 Å². The normalized spacial score (nSPS) is 11.3. The van der Waals surface area contributed by atoms with E-state index < -0.39 is 0 Å². The van der Waals surface area contributed by atoms with Crippen LogP contribution in [0.3, 0.4) is 0 Å². The van der Waals surface area contributed by atoms with Crippen LogP contribution in [0, 0.1) is 0 Å². The Balaban J connectivity index is 1.20. The van der Waals surface area contributed by atoms with Crippen LogP contribution in [0.25, 0.3) is 65.7 Å². The van der Waals surface area contributed by atoms with Gasteiger partial charge in [0.05, 0.1) is 5.69 Å². The van der Waals surface area contributed by atoms with Gasteiger partial charge in [0.1, 0.15) is 0 Å². The molecule has 0 fully saturated rings. The quantitative estimate of drug-likeness (QED) is 0.167. The zero-order valence-electron chi connectivity index (χ0n) is 27.0. The molecule has 0 bridgehead atoms. The number of benzene rings is 9. The molecule has 0 unspecified atom stereocenters. The molecule has 0 radical (unpaired) electrons. The largest absolute Gasteiger partial charge is 0.310 e. The standard InChI is InChI=1S/C48H33N/c1-3-13-34(14-4-1)35-23-28-39(29-24-35)49(48-22-12-11-19-42(48)36-15-5-2-6-16-36)40-30-25-38(26-31-40)46-33-47-41-18-8-7-17-37(41)27-32-45(47)43-20-9-10-21-44(43)46/h1-33H. The first-order valence-corrected chi connectivity index (χ1v) is 16.9. The number of hydrogen-bond donors (Lipinski definition) is 0. The van der Waals surface area contributed by atoms with Gasteiger partial charge in [0.25, 0.3) is 0 Å². The van der Waals surface area contributed by atoms with Crippen LogP contribution in [-0.2, 0) is 0 Å². The third kappa shape index (κ3) is 5.23. The molecule has 0 atom stereocenters. The molecule has 0 aliphatic rings. The van der Waals surface area contributed by atoms with Gasteiger partial charge in [-0.25, -0.2) is 0 Å². The smallest absolute Gasteiger partial charge is 0.0540 e. The lowest BCUT2D eigenvalue weighted by atomic mass is 9.91. The summed E-state index contributed by atoms with van der Waals surface area (Å²) in [4.78, 5) is 2.38. The van der Waals surface area contributed by atoms with E-state index in [1.807, 2.05) is 0 Å². The minimum Gasteiger partial charge on any atom is -0.310 e. The monoisotopic (exact) mass is 623 g/mol. The van der Waals surface area contributed by atoms with Gasteiger partial charge in [-0.05, 0) is 96.5 Å². The topological polar surface area (TPSA) is 3.24 Å². The summed E-state index contributed by atoms with van der Waals surface area (Å²) in [7, 11) is 0. The summed E-state index contributed by atoms with van der Waals surface area (Å²) in [5.41, 5.74) is 10.6. The molecular weight excluding hydrogens is 591 g/mol. The van der Waals surface area contributed by atoms with Crippen LogP contribution in [0.4, 0.5) is 17.1 Å². The van der Waals surface area contributed by atoms with Gasteiger partial charge >= 0.3 is 0 Å². The molecule has 0 aliphatic heterocycles. The zero-order chi connectivity index (χ0) is 32.6. The maximum absolute atomic E-state index is 2.39. The summed E-state index contributed by atoms with van der Waals surface area (Å²) in [5, 5.41) is 7.66. The molecule has 0 aliphatic carbocycles.